The van der Waals surface area contributed by atoms with Crippen LogP contribution in [0.1, 0.15) is 59.4 Å². The number of hydrogen-bond donors (Lipinski definition) is 2. The van der Waals surface area contributed by atoms with Gasteiger partial charge in [-0.1, -0.05) is 53.2 Å². The molecule has 1 fully saturated rings. The lowest BCUT2D eigenvalue weighted by Crippen LogP contribution is -2.37. The fourth-order valence-electron chi connectivity index (χ4n) is 3.73. The molecule has 2 amide bonds. The van der Waals surface area contributed by atoms with Gasteiger partial charge in [-0.05, 0) is 48.3 Å². The van der Waals surface area contributed by atoms with Crippen molar-refractivity contribution >= 4 is 17.5 Å². The minimum atomic E-state index is -0.0853. The molecular formula is C23H36N2O3. The number of hydrogen-bond acceptors (Lipinski definition) is 3. The zero-order valence-electron chi connectivity index (χ0n) is 18.0. The Hall–Kier alpha value is -1.88. The standard InChI is InChI=1S/C23H36N2O3/c1-15(2)20-11-6-17(5)12-21(20)28-14-22(26)24-13-18-7-9-19(10-8-18)25-23(27)16(3)4/h7-10,15-17,20-21H,6,11-14H2,1-5H3,(H,24,26)(H,25,27)/t17-,20+,21+/m1/s1. The predicted octanol–water partition coefficient (Wildman–Crippen LogP) is 4.37. The van der Waals surface area contributed by atoms with Crippen molar-refractivity contribution in [3.05, 3.63) is 29.8 Å². The van der Waals surface area contributed by atoms with E-state index in [1.807, 2.05) is 38.1 Å². The summed E-state index contributed by atoms with van der Waals surface area (Å²) in [6, 6.07) is 7.53. The Bertz CT molecular complexity index is 640. The predicted molar refractivity (Wildman–Crippen MR) is 113 cm³/mol. The molecule has 0 unspecified atom stereocenters. The maximum absolute atomic E-state index is 12.2. The van der Waals surface area contributed by atoms with Crippen LogP contribution in [0.5, 0.6) is 0 Å². The summed E-state index contributed by atoms with van der Waals surface area (Å²) < 4.78 is 6.00. The number of ether oxygens (including phenoxy) is 1. The quantitative estimate of drug-likeness (QED) is 0.695. The molecule has 0 aliphatic heterocycles. The monoisotopic (exact) mass is 388 g/mol. The Morgan fingerprint density at radius 1 is 1.11 bits per heavy atom. The molecule has 1 aliphatic carbocycles. The Kier molecular flexibility index (Phi) is 8.49. The summed E-state index contributed by atoms with van der Waals surface area (Å²) in [4.78, 5) is 23.9. The summed E-state index contributed by atoms with van der Waals surface area (Å²) in [5.74, 6) is 1.64. The van der Waals surface area contributed by atoms with Gasteiger partial charge < -0.3 is 15.4 Å². The molecule has 5 nitrogen and oxygen atoms in total. The normalized spacial score (nSPS) is 22.3. The van der Waals surface area contributed by atoms with Gasteiger partial charge in [-0.15, -0.1) is 0 Å². The molecule has 28 heavy (non-hydrogen) atoms. The number of carbonyl (C=O) groups is 2. The molecule has 1 saturated carbocycles. The van der Waals surface area contributed by atoms with Gasteiger partial charge in [-0.3, -0.25) is 9.59 Å². The van der Waals surface area contributed by atoms with Gasteiger partial charge in [0, 0.05) is 18.2 Å². The van der Waals surface area contributed by atoms with Gasteiger partial charge in [0.05, 0.1) is 6.10 Å². The van der Waals surface area contributed by atoms with E-state index >= 15 is 0 Å². The second-order valence-corrected chi connectivity index (χ2v) is 8.79. The average Bonchev–Trinajstić information content (AvgIpc) is 2.65. The lowest BCUT2D eigenvalue weighted by molar-refractivity contribution is -0.131. The number of benzene rings is 1. The third-order valence-electron chi connectivity index (χ3n) is 5.63. The zero-order chi connectivity index (χ0) is 20.7. The van der Waals surface area contributed by atoms with Crippen LogP contribution in [-0.2, 0) is 20.9 Å². The molecule has 0 aromatic heterocycles. The van der Waals surface area contributed by atoms with Crippen LogP contribution in [-0.4, -0.2) is 24.5 Å². The van der Waals surface area contributed by atoms with Crippen molar-refractivity contribution in [1.29, 1.82) is 0 Å². The van der Waals surface area contributed by atoms with E-state index in [4.69, 9.17) is 4.74 Å². The molecule has 3 atom stereocenters. The number of rotatable bonds is 8. The molecule has 2 rings (SSSR count). The van der Waals surface area contributed by atoms with Crippen LogP contribution in [0.25, 0.3) is 0 Å². The van der Waals surface area contributed by atoms with Crippen LogP contribution in [0, 0.1) is 23.7 Å². The molecule has 1 aromatic carbocycles. The first kappa shape index (κ1) is 22.4. The smallest absolute Gasteiger partial charge is 0.246 e. The Balaban J connectivity index is 1.76. The highest BCUT2D eigenvalue weighted by molar-refractivity contribution is 5.92. The van der Waals surface area contributed by atoms with E-state index in [1.54, 1.807) is 0 Å². The minimum absolute atomic E-state index is 0.00469. The third-order valence-corrected chi connectivity index (χ3v) is 5.63. The van der Waals surface area contributed by atoms with Gasteiger partial charge in [-0.2, -0.15) is 0 Å². The van der Waals surface area contributed by atoms with Crippen molar-refractivity contribution in [2.75, 3.05) is 11.9 Å². The summed E-state index contributed by atoms with van der Waals surface area (Å²) in [5, 5.41) is 5.78. The van der Waals surface area contributed by atoms with Crippen molar-refractivity contribution < 1.29 is 14.3 Å². The van der Waals surface area contributed by atoms with Crippen molar-refractivity contribution in [3.63, 3.8) is 0 Å². The fourth-order valence-corrected chi connectivity index (χ4v) is 3.73. The van der Waals surface area contributed by atoms with E-state index in [9.17, 15) is 9.59 Å². The van der Waals surface area contributed by atoms with E-state index in [0.717, 1.165) is 17.7 Å². The van der Waals surface area contributed by atoms with E-state index in [-0.39, 0.29) is 30.4 Å². The molecule has 0 bridgehead atoms. The molecule has 2 N–H and O–H groups in total. The van der Waals surface area contributed by atoms with Gasteiger partial charge in [0.1, 0.15) is 6.61 Å². The van der Waals surface area contributed by atoms with Crippen LogP contribution < -0.4 is 10.6 Å². The Labute approximate surface area is 169 Å². The maximum atomic E-state index is 12.2. The Morgan fingerprint density at radius 2 is 1.79 bits per heavy atom. The van der Waals surface area contributed by atoms with Gasteiger partial charge in [0.25, 0.3) is 0 Å². The highest BCUT2D eigenvalue weighted by Crippen LogP contribution is 2.35. The Morgan fingerprint density at radius 3 is 2.39 bits per heavy atom. The highest BCUT2D eigenvalue weighted by Gasteiger charge is 2.31. The largest absolute Gasteiger partial charge is 0.368 e. The molecule has 0 heterocycles. The fraction of sp³-hybridized carbons (Fsp3) is 0.652. The highest BCUT2D eigenvalue weighted by atomic mass is 16.5. The van der Waals surface area contributed by atoms with Crippen LogP contribution in [0.15, 0.2) is 24.3 Å². The summed E-state index contributed by atoms with van der Waals surface area (Å²) >= 11 is 0. The summed E-state index contributed by atoms with van der Waals surface area (Å²) in [6.07, 6.45) is 3.66. The molecule has 1 aliphatic rings. The molecule has 156 valence electrons. The van der Waals surface area contributed by atoms with Crippen LogP contribution in [0.2, 0.25) is 0 Å². The summed E-state index contributed by atoms with van der Waals surface area (Å²) in [5.41, 5.74) is 1.76. The number of anilines is 1. The second-order valence-electron chi connectivity index (χ2n) is 8.79. The molecule has 0 saturated heterocycles. The molecule has 0 radical (unpaired) electrons. The maximum Gasteiger partial charge on any atom is 0.246 e. The van der Waals surface area contributed by atoms with Crippen molar-refractivity contribution in [2.24, 2.45) is 23.7 Å². The van der Waals surface area contributed by atoms with Gasteiger partial charge >= 0.3 is 0 Å². The summed E-state index contributed by atoms with van der Waals surface area (Å²) in [6.45, 7) is 11.0. The number of amides is 2. The van der Waals surface area contributed by atoms with Crippen LogP contribution >= 0.6 is 0 Å². The van der Waals surface area contributed by atoms with Crippen LogP contribution in [0.4, 0.5) is 5.69 Å². The van der Waals surface area contributed by atoms with Crippen LogP contribution in [0.3, 0.4) is 0 Å². The zero-order valence-corrected chi connectivity index (χ0v) is 18.0. The molecule has 1 aromatic rings. The van der Waals surface area contributed by atoms with Gasteiger partial charge in [0.15, 0.2) is 0 Å². The minimum Gasteiger partial charge on any atom is -0.368 e. The second kappa shape index (κ2) is 10.6. The average molecular weight is 389 g/mol. The number of nitrogens with one attached hydrogen (secondary N) is 2. The van der Waals surface area contributed by atoms with E-state index in [1.165, 1.54) is 12.8 Å². The molecule has 5 heteroatoms. The van der Waals surface area contributed by atoms with Crippen molar-refractivity contribution in [3.8, 4) is 0 Å². The van der Waals surface area contributed by atoms with E-state index in [2.05, 4.69) is 31.4 Å². The SMILES string of the molecule is CC(C)C(=O)Nc1ccc(CNC(=O)CO[C@H]2C[C@H](C)CC[C@H]2C(C)C)cc1. The lowest BCUT2D eigenvalue weighted by Gasteiger charge is -2.37. The first-order valence-electron chi connectivity index (χ1n) is 10.5. The summed E-state index contributed by atoms with van der Waals surface area (Å²) in [7, 11) is 0. The topological polar surface area (TPSA) is 67.4 Å². The molecular weight excluding hydrogens is 352 g/mol. The third kappa shape index (κ3) is 6.93. The first-order valence-corrected chi connectivity index (χ1v) is 10.5. The van der Waals surface area contributed by atoms with Gasteiger partial charge in [-0.25, -0.2) is 0 Å². The van der Waals surface area contributed by atoms with Crippen molar-refractivity contribution in [1.82, 2.24) is 5.32 Å². The van der Waals surface area contributed by atoms with Gasteiger partial charge in [0.2, 0.25) is 11.8 Å². The number of carbonyl (C=O) groups excluding carboxylic acids is 2. The van der Waals surface area contributed by atoms with E-state index < -0.39 is 0 Å². The lowest BCUT2D eigenvalue weighted by atomic mass is 9.75. The molecule has 0 spiro atoms. The van der Waals surface area contributed by atoms with Crippen molar-refractivity contribution in [2.45, 2.75) is 66.5 Å². The first-order chi connectivity index (χ1) is 13.3. The van der Waals surface area contributed by atoms with E-state index in [0.29, 0.717) is 24.3 Å².